The maximum atomic E-state index is 13.1. The van der Waals surface area contributed by atoms with Crippen molar-refractivity contribution >= 4 is 5.91 Å². The average Bonchev–Trinajstić information content (AvgIpc) is 2.68. The van der Waals surface area contributed by atoms with E-state index in [9.17, 15) is 13.6 Å². The van der Waals surface area contributed by atoms with Crippen LogP contribution in [0.3, 0.4) is 0 Å². The van der Waals surface area contributed by atoms with Crippen LogP contribution in [0.1, 0.15) is 0 Å². The van der Waals surface area contributed by atoms with E-state index in [0.29, 0.717) is 37.7 Å². The van der Waals surface area contributed by atoms with Gasteiger partial charge in [-0.25, -0.2) is 8.78 Å². The van der Waals surface area contributed by atoms with Crippen molar-refractivity contribution in [1.82, 2.24) is 9.80 Å². The van der Waals surface area contributed by atoms with Gasteiger partial charge in [-0.05, 0) is 36.4 Å². The third kappa shape index (κ3) is 5.92. The summed E-state index contributed by atoms with van der Waals surface area (Å²) >= 11 is 0. The Hall–Kier alpha value is -2.67. The predicted octanol–water partition coefficient (Wildman–Crippen LogP) is 2.57. The second-order valence-electron chi connectivity index (χ2n) is 6.27. The third-order valence-electron chi connectivity index (χ3n) is 4.37. The summed E-state index contributed by atoms with van der Waals surface area (Å²) in [4.78, 5) is 16.2. The smallest absolute Gasteiger partial charge is 0.260 e. The van der Waals surface area contributed by atoms with Gasteiger partial charge in [-0.3, -0.25) is 9.69 Å². The Morgan fingerprint density at radius 2 is 1.63 bits per heavy atom. The van der Waals surface area contributed by atoms with E-state index >= 15 is 0 Å². The summed E-state index contributed by atoms with van der Waals surface area (Å²) in [5.74, 6) is 0.239. The second kappa shape index (κ2) is 9.32. The molecule has 2 aromatic carbocycles. The van der Waals surface area contributed by atoms with E-state index in [-0.39, 0.29) is 24.1 Å². The monoisotopic (exact) mass is 376 g/mol. The first-order valence-corrected chi connectivity index (χ1v) is 8.87. The molecule has 5 nitrogen and oxygen atoms in total. The molecule has 1 fully saturated rings. The van der Waals surface area contributed by atoms with E-state index in [0.717, 1.165) is 13.1 Å². The first-order chi connectivity index (χ1) is 13.1. The Morgan fingerprint density at radius 1 is 0.889 bits per heavy atom. The van der Waals surface area contributed by atoms with Crippen LogP contribution in [0.5, 0.6) is 11.5 Å². The Kier molecular flexibility index (Phi) is 6.59. The standard InChI is InChI=1S/C20H22F2N2O3/c21-16-4-6-18(7-5-16)27-15-20(25)24-10-8-23(9-11-24)12-13-26-19-3-1-2-17(22)14-19/h1-7,14H,8-13,15H2. The number of benzene rings is 2. The second-order valence-corrected chi connectivity index (χ2v) is 6.27. The molecule has 0 unspecified atom stereocenters. The number of hydrogen-bond acceptors (Lipinski definition) is 4. The van der Waals surface area contributed by atoms with Crippen LogP contribution >= 0.6 is 0 Å². The van der Waals surface area contributed by atoms with Gasteiger partial charge in [-0.1, -0.05) is 6.07 Å². The van der Waals surface area contributed by atoms with Crippen LogP contribution in [-0.2, 0) is 4.79 Å². The summed E-state index contributed by atoms with van der Waals surface area (Å²) in [6, 6.07) is 11.7. The first-order valence-electron chi connectivity index (χ1n) is 8.87. The van der Waals surface area contributed by atoms with E-state index in [1.165, 1.54) is 36.4 Å². The van der Waals surface area contributed by atoms with E-state index < -0.39 is 0 Å². The maximum Gasteiger partial charge on any atom is 0.260 e. The molecule has 1 heterocycles. The average molecular weight is 376 g/mol. The topological polar surface area (TPSA) is 42.0 Å². The molecule has 0 spiro atoms. The fourth-order valence-corrected chi connectivity index (χ4v) is 2.84. The highest BCUT2D eigenvalue weighted by Crippen LogP contribution is 2.13. The molecule has 7 heteroatoms. The molecule has 27 heavy (non-hydrogen) atoms. The van der Waals surface area contributed by atoms with Gasteiger partial charge in [-0.2, -0.15) is 0 Å². The Bertz CT molecular complexity index is 747. The lowest BCUT2D eigenvalue weighted by molar-refractivity contribution is -0.135. The van der Waals surface area contributed by atoms with Crippen LogP contribution in [0, 0.1) is 11.6 Å². The maximum absolute atomic E-state index is 13.1. The van der Waals surface area contributed by atoms with Gasteiger partial charge in [0.25, 0.3) is 5.91 Å². The van der Waals surface area contributed by atoms with E-state index in [4.69, 9.17) is 9.47 Å². The normalized spacial score (nSPS) is 14.8. The van der Waals surface area contributed by atoms with Gasteiger partial charge in [0.05, 0.1) is 0 Å². The number of ether oxygens (including phenoxy) is 2. The summed E-state index contributed by atoms with van der Waals surface area (Å²) in [7, 11) is 0. The van der Waals surface area contributed by atoms with Gasteiger partial charge >= 0.3 is 0 Å². The highest BCUT2D eigenvalue weighted by Gasteiger charge is 2.21. The van der Waals surface area contributed by atoms with Crippen molar-refractivity contribution in [1.29, 1.82) is 0 Å². The molecule has 0 aromatic heterocycles. The van der Waals surface area contributed by atoms with Crippen LogP contribution in [0.4, 0.5) is 8.78 Å². The Morgan fingerprint density at radius 3 is 2.33 bits per heavy atom. The summed E-state index contributed by atoms with van der Waals surface area (Å²) in [5, 5.41) is 0. The summed E-state index contributed by atoms with van der Waals surface area (Å²) < 4.78 is 36.9. The van der Waals surface area contributed by atoms with Gasteiger partial charge in [0, 0.05) is 38.8 Å². The minimum Gasteiger partial charge on any atom is -0.492 e. The first kappa shape index (κ1) is 19.1. The number of carbonyl (C=O) groups is 1. The molecule has 1 aliphatic heterocycles. The van der Waals surface area contributed by atoms with Crippen molar-refractivity contribution in [3.63, 3.8) is 0 Å². The highest BCUT2D eigenvalue weighted by atomic mass is 19.1. The van der Waals surface area contributed by atoms with E-state index in [2.05, 4.69) is 4.90 Å². The molecule has 1 aliphatic rings. The van der Waals surface area contributed by atoms with E-state index in [1.54, 1.807) is 17.0 Å². The molecule has 0 saturated carbocycles. The molecule has 1 amide bonds. The number of piperazine rings is 1. The van der Waals surface area contributed by atoms with Gasteiger partial charge in [-0.15, -0.1) is 0 Å². The van der Waals surface area contributed by atoms with Gasteiger partial charge in [0.2, 0.25) is 0 Å². The molecule has 0 N–H and O–H groups in total. The SMILES string of the molecule is O=C(COc1ccc(F)cc1)N1CCN(CCOc2cccc(F)c2)CC1. The molecular weight excluding hydrogens is 354 g/mol. The van der Waals surface area contributed by atoms with Crippen molar-refractivity contribution in [2.45, 2.75) is 0 Å². The van der Waals surface area contributed by atoms with Crippen LogP contribution in [0.2, 0.25) is 0 Å². The molecule has 0 atom stereocenters. The Labute approximate surface area is 157 Å². The van der Waals surface area contributed by atoms with Crippen LogP contribution in [0.25, 0.3) is 0 Å². The number of rotatable bonds is 7. The molecule has 3 rings (SSSR count). The fraction of sp³-hybridized carbons (Fsp3) is 0.350. The lowest BCUT2D eigenvalue weighted by Gasteiger charge is -2.34. The molecule has 1 saturated heterocycles. The van der Waals surface area contributed by atoms with Crippen molar-refractivity contribution < 1.29 is 23.0 Å². The highest BCUT2D eigenvalue weighted by molar-refractivity contribution is 5.77. The van der Waals surface area contributed by atoms with Gasteiger partial charge in [0.15, 0.2) is 6.61 Å². The number of nitrogens with zero attached hydrogens (tertiary/aromatic N) is 2. The number of amides is 1. The number of carbonyl (C=O) groups excluding carboxylic acids is 1. The molecule has 0 aliphatic carbocycles. The number of halogens is 2. The lowest BCUT2D eigenvalue weighted by Crippen LogP contribution is -2.50. The van der Waals surface area contributed by atoms with Crippen LogP contribution in [0.15, 0.2) is 48.5 Å². The summed E-state index contributed by atoms with van der Waals surface area (Å²) in [5.41, 5.74) is 0. The minimum atomic E-state index is -0.342. The van der Waals surface area contributed by atoms with Gasteiger partial charge in [0.1, 0.15) is 29.7 Å². The summed E-state index contributed by atoms with van der Waals surface area (Å²) in [6.07, 6.45) is 0. The van der Waals surface area contributed by atoms with Crippen molar-refractivity contribution in [2.24, 2.45) is 0 Å². The largest absolute Gasteiger partial charge is 0.492 e. The van der Waals surface area contributed by atoms with Crippen LogP contribution < -0.4 is 9.47 Å². The minimum absolute atomic E-state index is 0.0612. The van der Waals surface area contributed by atoms with Crippen molar-refractivity contribution in [3.05, 3.63) is 60.2 Å². The quantitative estimate of drug-likeness (QED) is 0.745. The van der Waals surface area contributed by atoms with Crippen molar-refractivity contribution in [2.75, 3.05) is 45.9 Å². The van der Waals surface area contributed by atoms with Crippen LogP contribution in [-0.4, -0.2) is 61.6 Å². The Balaban J connectivity index is 1.34. The fourth-order valence-electron chi connectivity index (χ4n) is 2.84. The zero-order valence-electron chi connectivity index (χ0n) is 14.9. The number of hydrogen-bond donors (Lipinski definition) is 0. The zero-order valence-corrected chi connectivity index (χ0v) is 14.9. The summed E-state index contributed by atoms with van der Waals surface area (Å²) in [6.45, 7) is 3.84. The molecule has 2 aromatic rings. The molecule has 0 bridgehead atoms. The molecule has 0 radical (unpaired) electrons. The lowest BCUT2D eigenvalue weighted by atomic mass is 10.3. The predicted molar refractivity (Wildman–Crippen MR) is 96.8 cm³/mol. The zero-order chi connectivity index (χ0) is 19.1. The molecule has 144 valence electrons. The molecular formula is C20H22F2N2O3. The van der Waals surface area contributed by atoms with Crippen molar-refractivity contribution in [3.8, 4) is 11.5 Å². The third-order valence-corrected chi connectivity index (χ3v) is 4.37. The van der Waals surface area contributed by atoms with Gasteiger partial charge < -0.3 is 14.4 Å². The van der Waals surface area contributed by atoms with E-state index in [1.807, 2.05) is 0 Å².